The molecule has 3 rings (SSSR count). The highest BCUT2D eigenvalue weighted by molar-refractivity contribution is 5.81. The molecule has 0 unspecified atom stereocenters. The Bertz CT molecular complexity index is 715. The number of aromatic nitrogens is 4. The van der Waals surface area contributed by atoms with Crippen LogP contribution in [0.15, 0.2) is 12.7 Å². The van der Waals surface area contributed by atoms with E-state index in [9.17, 15) is 4.39 Å². The van der Waals surface area contributed by atoms with E-state index in [1.54, 1.807) is 0 Å². The molecule has 2 aromatic heterocycles. The Hall–Kier alpha value is -1.84. The predicted molar refractivity (Wildman–Crippen MR) is 71.2 cm³/mol. The van der Waals surface area contributed by atoms with Crippen molar-refractivity contribution in [3.63, 3.8) is 0 Å². The Balaban J connectivity index is 2.01. The van der Waals surface area contributed by atoms with E-state index in [0.717, 1.165) is 0 Å². The van der Waals surface area contributed by atoms with Gasteiger partial charge in [-0.25, -0.2) is 19.3 Å². The number of methoxy groups -OCH3 is 2. The van der Waals surface area contributed by atoms with Crippen molar-refractivity contribution >= 4 is 17.0 Å². The van der Waals surface area contributed by atoms with Crippen molar-refractivity contribution in [2.45, 2.75) is 24.6 Å². The number of nitrogen functional groups attached to an aromatic ring is 1. The molecule has 0 aromatic carbocycles. The second kappa shape index (κ2) is 5.51. The zero-order valence-corrected chi connectivity index (χ0v) is 11.4. The second-order valence-electron chi connectivity index (χ2n) is 4.50. The molecule has 2 N–H and O–H groups in total. The highest BCUT2D eigenvalue weighted by atomic mass is 19.1. The molecule has 3 heterocycles. The molecule has 21 heavy (non-hydrogen) atoms. The van der Waals surface area contributed by atoms with Crippen LogP contribution >= 0.6 is 0 Å². The van der Waals surface area contributed by atoms with E-state index in [2.05, 4.69) is 15.0 Å². The summed E-state index contributed by atoms with van der Waals surface area (Å²) in [6.45, 7) is -2.22. The Kier molecular flexibility index (Phi) is 3.09. The Morgan fingerprint density at radius 1 is 1.48 bits per heavy atom. The topological polar surface area (TPSA) is 97.3 Å². The van der Waals surface area contributed by atoms with E-state index in [4.69, 9.17) is 22.7 Å². The molecule has 1 aliphatic heterocycles. The summed E-state index contributed by atoms with van der Waals surface area (Å²) in [4.78, 5) is 11.9. The molecule has 1 aliphatic rings. The molecule has 1 saturated heterocycles. The van der Waals surface area contributed by atoms with Gasteiger partial charge in [0.15, 0.2) is 23.9 Å². The second-order valence-corrected chi connectivity index (χ2v) is 4.50. The number of imidazole rings is 1. The monoisotopic (exact) mass is 299 g/mol. The third kappa shape index (κ3) is 2.23. The molecule has 2 aromatic rings. The van der Waals surface area contributed by atoms with Crippen LogP contribution in [-0.2, 0) is 14.2 Å². The van der Waals surface area contributed by atoms with Crippen molar-refractivity contribution in [2.75, 3.05) is 26.5 Å². The normalized spacial score (nSPS) is 31.4. The summed E-state index contributed by atoms with van der Waals surface area (Å²) in [7, 11) is 2.46. The quantitative estimate of drug-likeness (QED) is 0.867. The SMILES string of the molecule is [2H]C([2H])(OC)[C@H]1O[C@@H](n2cnc3c(N)ncnc32)[C@H](F)[C@@H]1OC. The molecule has 114 valence electrons. The number of ether oxygens (including phenoxy) is 3. The maximum atomic E-state index is 14.8. The standard InChI is InChI=1S/C12H16FN5O3/c1-19-3-6-9(20-2)7(13)12(21-6)18-5-17-8-10(14)15-4-16-11(8)18/h4-7,9,12H,3H2,1-2H3,(H2,14,15,16)/t6-,7-,9-,12-/m1/s1/i3D2. The lowest BCUT2D eigenvalue weighted by Gasteiger charge is -2.16. The number of nitrogens with zero attached hydrogens (tertiary/aromatic N) is 4. The number of nitrogens with two attached hydrogens (primary N) is 1. The summed E-state index contributed by atoms with van der Waals surface area (Å²) in [5.41, 5.74) is 6.31. The first-order valence-corrected chi connectivity index (χ1v) is 6.21. The molecule has 0 aliphatic carbocycles. The number of alkyl halides is 1. The maximum Gasteiger partial charge on any atom is 0.174 e. The molecule has 0 amide bonds. The minimum atomic E-state index is -2.22. The van der Waals surface area contributed by atoms with Crippen LogP contribution in [0.1, 0.15) is 8.97 Å². The molecular weight excluding hydrogens is 281 g/mol. The van der Waals surface area contributed by atoms with Crippen LogP contribution < -0.4 is 5.73 Å². The van der Waals surface area contributed by atoms with Gasteiger partial charge in [0.25, 0.3) is 0 Å². The van der Waals surface area contributed by atoms with Gasteiger partial charge in [-0.05, 0) is 0 Å². The summed E-state index contributed by atoms with van der Waals surface area (Å²) in [5, 5.41) is 0. The van der Waals surface area contributed by atoms with Crippen molar-refractivity contribution < 1.29 is 21.3 Å². The number of hydrogen-bond acceptors (Lipinski definition) is 7. The van der Waals surface area contributed by atoms with Crippen LogP contribution in [-0.4, -0.2) is 58.7 Å². The summed E-state index contributed by atoms with van der Waals surface area (Å²) in [6, 6.07) is 0. The zero-order chi connectivity index (χ0) is 16.8. The highest BCUT2D eigenvalue weighted by Gasteiger charge is 2.47. The minimum Gasteiger partial charge on any atom is -0.382 e. The fourth-order valence-corrected chi connectivity index (χ4v) is 2.37. The van der Waals surface area contributed by atoms with E-state index >= 15 is 0 Å². The van der Waals surface area contributed by atoms with Crippen LogP contribution in [0.25, 0.3) is 11.2 Å². The third-order valence-electron chi connectivity index (χ3n) is 3.34. The third-order valence-corrected chi connectivity index (χ3v) is 3.34. The number of anilines is 1. The van der Waals surface area contributed by atoms with Gasteiger partial charge in [-0.15, -0.1) is 0 Å². The van der Waals surface area contributed by atoms with Gasteiger partial charge in [-0.3, -0.25) is 4.57 Å². The Morgan fingerprint density at radius 3 is 3.00 bits per heavy atom. The van der Waals surface area contributed by atoms with Crippen molar-refractivity contribution in [2.24, 2.45) is 0 Å². The molecular formula is C12H16FN5O3. The number of rotatable bonds is 4. The lowest BCUT2D eigenvalue weighted by molar-refractivity contribution is -0.0602. The van der Waals surface area contributed by atoms with Crippen LogP contribution in [0, 0.1) is 0 Å². The Morgan fingerprint density at radius 2 is 2.29 bits per heavy atom. The van der Waals surface area contributed by atoms with Gasteiger partial charge in [-0.1, -0.05) is 0 Å². The van der Waals surface area contributed by atoms with Crippen molar-refractivity contribution in [3.05, 3.63) is 12.7 Å². The van der Waals surface area contributed by atoms with Gasteiger partial charge in [0.1, 0.15) is 24.1 Å². The molecule has 0 saturated carbocycles. The van der Waals surface area contributed by atoms with Gasteiger partial charge in [0, 0.05) is 14.2 Å². The summed E-state index contributed by atoms with van der Waals surface area (Å²) >= 11 is 0. The first kappa shape index (κ1) is 11.8. The first-order chi connectivity index (χ1) is 10.9. The van der Waals surface area contributed by atoms with Crippen LogP contribution in [0.4, 0.5) is 10.2 Å². The van der Waals surface area contributed by atoms with Gasteiger partial charge >= 0.3 is 0 Å². The zero-order valence-electron chi connectivity index (χ0n) is 13.4. The van der Waals surface area contributed by atoms with Crippen LogP contribution in [0.2, 0.25) is 0 Å². The Labute approximate surface area is 122 Å². The molecule has 8 nitrogen and oxygen atoms in total. The van der Waals surface area contributed by atoms with E-state index in [1.807, 2.05) is 0 Å². The number of halogens is 1. The molecule has 9 heteroatoms. The van der Waals surface area contributed by atoms with Crippen molar-refractivity contribution in [1.82, 2.24) is 19.5 Å². The van der Waals surface area contributed by atoms with Gasteiger partial charge in [-0.2, -0.15) is 0 Å². The first-order valence-electron chi connectivity index (χ1n) is 7.21. The van der Waals surface area contributed by atoms with Gasteiger partial charge in [0.2, 0.25) is 0 Å². The van der Waals surface area contributed by atoms with Gasteiger partial charge in [0.05, 0.1) is 15.6 Å². The summed E-state index contributed by atoms with van der Waals surface area (Å²) in [5.74, 6) is 0.161. The molecule has 0 radical (unpaired) electrons. The van der Waals surface area contributed by atoms with E-state index in [0.29, 0.717) is 11.2 Å². The average Bonchev–Trinajstić information content (AvgIpc) is 3.09. The minimum absolute atomic E-state index is 0.161. The van der Waals surface area contributed by atoms with E-state index in [-0.39, 0.29) is 5.82 Å². The fraction of sp³-hybridized carbons (Fsp3) is 0.583. The fourth-order valence-electron chi connectivity index (χ4n) is 2.37. The van der Waals surface area contributed by atoms with Crippen LogP contribution in [0.3, 0.4) is 0 Å². The lowest BCUT2D eigenvalue weighted by Crippen LogP contribution is -2.33. The van der Waals surface area contributed by atoms with E-state index in [1.165, 1.54) is 31.4 Å². The molecule has 0 spiro atoms. The lowest BCUT2D eigenvalue weighted by atomic mass is 10.1. The predicted octanol–water partition coefficient (Wildman–Crippen LogP) is 0.305. The van der Waals surface area contributed by atoms with Crippen molar-refractivity contribution in [1.29, 1.82) is 0 Å². The molecule has 4 atom stereocenters. The summed E-state index contributed by atoms with van der Waals surface area (Å²) in [6.07, 6.45) is -2.67. The highest BCUT2D eigenvalue weighted by Crippen LogP contribution is 2.35. The van der Waals surface area contributed by atoms with Gasteiger partial charge < -0.3 is 19.9 Å². The number of hydrogen-bond donors (Lipinski definition) is 1. The molecule has 0 bridgehead atoms. The number of fused-ring (bicyclic) bond motifs is 1. The van der Waals surface area contributed by atoms with Crippen molar-refractivity contribution in [3.8, 4) is 0 Å². The maximum absolute atomic E-state index is 14.8. The largest absolute Gasteiger partial charge is 0.382 e. The van der Waals surface area contributed by atoms with Crippen LogP contribution in [0.5, 0.6) is 0 Å². The smallest absolute Gasteiger partial charge is 0.174 e. The average molecular weight is 299 g/mol. The van der Waals surface area contributed by atoms with E-state index < -0.39 is 31.2 Å². The molecule has 1 fully saturated rings. The summed E-state index contributed by atoms with van der Waals surface area (Å²) < 4.78 is 47.1.